The fourth-order valence-corrected chi connectivity index (χ4v) is 2.04. The first-order valence-electron chi connectivity index (χ1n) is 6.52. The van der Waals surface area contributed by atoms with E-state index in [1.54, 1.807) is 0 Å². The van der Waals surface area contributed by atoms with E-state index in [9.17, 15) is 0 Å². The zero-order valence-electron chi connectivity index (χ0n) is 11.3. The molecule has 0 atom stereocenters. The van der Waals surface area contributed by atoms with Gasteiger partial charge in [-0.3, -0.25) is 0 Å². The summed E-state index contributed by atoms with van der Waals surface area (Å²) in [7, 11) is 1.92. The molecule has 0 radical (unpaired) electrons. The number of nitrogens with one attached hydrogen (secondary N) is 1. The highest BCUT2D eigenvalue weighted by atomic mass is 16.7. The average Bonchev–Trinajstić information content (AvgIpc) is 2.83. The molecule has 0 spiro atoms. The lowest BCUT2D eigenvalue weighted by Crippen LogP contribution is -2.16. The van der Waals surface area contributed by atoms with Crippen LogP contribution in [-0.4, -0.2) is 19.9 Å². The molecule has 1 aliphatic rings. The van der Waals surface area contributed by atoms with E-state index in [0.29, 0.717) is 6.79 Å². The van der Waals surface area contributed by atoms with Crippen molar-refractivity contribution >= 4 is 0 Å². The minimum absolute atomic E-state index is 0.251. The van der Waals surface area contributed by atoms with Gasteiger partial charge in [0, 0.05) is 18.2 Å². The van der Waals surface area contributed by atoms with Gasteiger partial charge < -0.3 is 19.5 Å². The second-order valence-electron chi connectivity index (χ2n) is 4.40. The molecule has 1 N–H and O–H groups in total. The molecule has 0 bridgehead atoms. The second-order valence-corrected chi connectivity index (χ2v) is 4.40. The van der Waals surface area contributed by atoms with Crippen molar-refractivity contribution in [2.75, 3.05) is 13.8 Å². The molecule has 4 heteroatoms. The number of hydrogen-bond donors (Lipinski definition) is 1. The van der Waals surface area contributed by atoms with Crippen molar-refractivity contribution in [2.24, 2.45) is 0 Å². The lowest BCUT2D eigenvalue weighted by Gasteiger charge is -2.19. The van der Waals surface area contributed by atoms with Gasteiger partial charge in [-0.1, -0.05) is 13.8 Å². The smallest absolute Gasteiger partial charge is 0.231 e. The van der Waals surface area contributed by atoms with E-state index in [1.807, 2.05) is 19.2 Å². The van der Waals surface area contributed by atoms with Crippen LogP contribution >= 0.6 is 0 Å². The molecule has 0 aromatic heterocycles. The Balaban J connectivity index is 2.26. The van der Waals surface area contributed by atoms with Crippen LogP contribution in [0.2, 0.25) is 0 Å². The summed E-state index contributed by atoms with van der Waals surface area (Å²) in [5, 5.41) is 3.15. The molecule has 0 fully saturated rings. The first-order valence-corrected chi connectivity index (χ1v) is 6.52. The Labute approximate surface area is 108 Å². The van der Waals surface area contributed by atoms with Crippen LogP contribution in [0.5, 0.6) is 17.2 Å². The standard InChI is InChI=1S/C14H21NO3/c1-4-11(5-2)18-12-7-14-13(16-9-17-14)6-10(12)8-15-3/h6-7,11,15H,4-5,8-9H2,1-3H3. The number of benzene rings is 1. The maximum absolute atomic E-state index is 6.05. The van der Waals surface area contributed by atoms with Crippen molar-refractivity contribution in [3.8, 4) is 17.2 Å². The van der Waals surface area contributed by atoms with Gasteiger partial charge in [0.2, 0.25) is 6.79 Å². The maximum atomic E-state index is 6.05. The first-order chi connectivity index (χ1) is 8.78. The Hall–Kier alpha value is -1.42. The van der Waals surface area contributed by atoms with E-state index in [2.05, 4.69) is 19.2 Å². The van der Waals surface area contributed by atoms with Gasteiger partial charge in [-0.05, 0) is 26.0 Å². The van der Waals surface area contributed by atoms with Crippen molar-refractivity contribution < 1.29 is 14.2 Å². The van der Waals surface area contributed by atoms with Crippen LogP contribution in [0, 0.1) is 0 Å². The summed E-state index contributed by atoms with van der Waals surface area (Å²) in [6.07, 6.45) is 2.26. The quantitative estimate of drug-likeness (QED) is 0.844. The highest BCUT2D eigenvalue weighted by Crippen LogP contribution is 2.38. The summed E-state index contributed by atoms with van der Waals surface area (Å²) in [6.45, 7) is 5.33. The molecule has 0 amide bonds. The molecule has 4 nitrogen and oxygen atoms in total. The molecule has 1 aliphatic heterocycles. The van der Waals surface area contributed by atoms with Gasteiger partial charge in [0.1, 0.15) is 5.75 Å². The molecular formula is C14H21NO3. The molecule has 0 saturated heterocycles. The Morgan fingerprint density at radius 1 is 1.22 bits per heavy atom. The average molecular weight is 251 g/mol. The molecule has 1 heterocycles. The van der Waals surface area contributed by atoms with Crippen molar-refractivity contribution in [3.63, 3.8) is 0 Å². The highest BCUT2D eigenvalue weighted by molar-refractivity contribution is 5.51. The van der Waals surface area contributed by atoms with Crippen molar-refractivity contribution in [2.45, 2.75) is 39.3 Å². The summed E-state index contributed by atoms with van der Waals surface area (Å²) >= 11 is 0. The van der Waals surface area contributed by atoms with Crippen LogP contribution in [0.1, 0.15) is 32.3 Å². The third kappa shape index (κ3) is 2.70. The van der Waals surface area contributed by atoms with Crippen LogP contribution < -0.4 is 19.5 Å². The van der Waals surface area contributed by atoms with Gasteiger partial charge >= 0.3 is 0 Å². The number of ether oxygens (including phenoxy) is 3. The van der Waals surface area contributed by atoms with Crippen LogP contribution in [0.15, 0.2) is 12.1 Å². The molecule has 100 valence electrons. The van der Waals surface area contributed by atoms with Crippen molar-refractivity contribution in [1.82, 2.24) is 5.32 Å². The summed E-state index contributed by atoms with van der Waals surface area (Å²) < 4.78 is 16.8. The summed E-state index contributed by atoms with van der Waals surface area (Å²) in [5.74, 6) is 2.47. The van der Waals surface area contributed by atoms with E-state index in [-0.39, 0.29) is 6.10 Å². The molecule has 1 aromatic carbocycles. The molecule has 1 aromatic rings. The summed E-state index contributed by atoms with van der Waals surface area (Å²) in [4.78, 5) is 0. The molecule has 0 aliphatic carbocycles. The SMILES string of the molecule is CCC(CC)Oc1cc2c(cc1CNC)OCO2. The lowest BCUT2D eigenvalue weighted by molar-refractivity contribution is 0.173. The maximum Gasteiger partial charge on any atom is 0.231 e. The van der Waals surface area contributed by atoms with Gasteiger partial charge in [-0.2, -0.15) is 0 Å². The van der Waals surface area contributed by atoms with E-state index in [0.717, 1.165) is 42.2 Å². The first kappa shape index (κ1) is 13.0. The Kier molecular flexibility index (Phi) is 4.31. The van der Waals surface area contributed by atoms with E-state index in [4.69, 9.17) is 14.2 Å². The predicted octanol–water partition coefficient (Wildman–Crippen LogP) is 2.70. The number of hydrogen-bond acceptors (Lipinski definition) is 4. The lowest BCUT2D eigenvalue weighted by atomic mass is 10.1. The van der Waals surface area contributed by atoms with Gasteiger partial charge in [0.25, 0.3) is 0 Å². The monoisotopic (exact) mass is 251 g/mol. The fraction of sp³-hybridized carbons (Fsp3) is 0.571. The van der Waals surface area contributed by atoms with Gasteiger partial charge in [-0.15, -0.1) is 0 Å². The second kappa shape index (κ2) is 5.96. The Morgan fingerprint density at radius 2 is 1.89 bits per heavy atom. The molecule has 18 heavy (non-hydrogen) atoms. The van der Waals surface area contributed by atoms with Gasteiger partial charge in [-0.25, -0.2) is 0 Å². The van der Waals surface area contributed by atoms with Crippen LogP contribution in [0.3, 0.4) is 0 Å². The normalized spacial score (nSPS) is 13.1. The topological polar surface area (TPSA) is 39.7 Å². The third-order valence-corrected chi connectivity index (χ3v) is 3.13. The van der Waals surface area contributed by atoms with E-state index >= 15 is 0 Å². The Bertz CT molecular complexity index is 402. The molecule has 0 saturated carbocycles. The minimum atomic E-state index is 0.251. The summed E-state index contributed by atoms with van der Waals surface area (Å²) in [6, 6.07) is 3.93. The van der Waals surface area contributed by atoms with Gasteiger partial charge in [0.15, 0.2) is 11.5 Å². The number of rotatable bonds is 6. The Morgan fingerprint density at radius 3 is 2.50 bits per heavy atom. The van der Waals surface area contributed by atoms with Crippen LogP contribution in [-0.2, 0) is 6.54 Å². The third-order valence-electron chi connectivity index (χ3n) is 3.13. The minimum Gasteiger partial charge on any atom is -0.490 e. The molecule has 0 unspecified atom stereocenters. The largest absolute Gasteiger partial charge is 0.490 e. The highest BCUT2D eigenvalue weighted by Gasteiger charge is 2.19. The van der Waals surface area contributed by atoms with Crippen molar-refractivity contribution in [3.05, 3.63) is 17.7 Å². The van der Waals surface area contributed by atoms with E-state index in [1.165, 1.54) is 0 Å². The zero-order chi connectivity index (χ0) is 13.0. The van der Waals surface area contributed by atoms with E-state index < -0.39 is 0 Å². The zero-order valence-corrected chi connectivity index (χ0v) is 11.3. The summed E-state index contributed by atoms with van der Waals surface area (Å²) in [5.41, 5.74) is 1.11. The van der Waals surface area contributed by atoms with Crippen molar-refractivity contribution in [1.29, 1.82) is 0 Å². The van der Waals surface area contributed by atoms with Crippen LogP contribution in [0.25, 0.3) is 0 Å². The predicted molar refractivity (Wildman–Crippen MR) is 70.3 cm³/mol. The van der Waals surface area contributed by atoms with Crippen LogP contribution in [0.4, 0.5) is 0 Å². The molecule has 2 rings (SSSR count). The van der Waals surface area contributed by atoms with Gasteiger partial charge in [0.05, 0.1) is 6.10 Å². The molecular weight excluding hydrogens is 230 g/mol. The number of fused-ring (bicyclic) bond motifs is 1. The fourth-order valence-electron chi connectivity index (χ4n) is 2.04.